The van der Waals surface area contributed by atoms with E-state index in [0.717, 1.165) is 0 Å². The fourth-order valence-corrected chi connectivity index (χ4v) is 2.75. The third-order valence-electron chi connectivity index (χ3n) is 2.16. The van der Waals surface area contributed by atoms with E-state index in [-0.39, 0.29) is 17.2 Å². The van der Waals surface area contributed by atoms with Crippen molar-refractivity contribution in [1.82, 2.24) is 14.9 Å². The lowest BCUT2D eigenvalue weighted by molar-refractivity contribution is 0.390. The van der Waals surface area contributed by atoms with Crippen molar-refractivity contribution < 1.29 is 17.4 Å². The van der Waals surface area contributed by atoms with Crippen LogP contribution in [0.15, 0.2) is 26.5 Å². The second kappa shape index (κ2) is 4.30. The summed E-state index contributed by atoms with van der Waals surface area (Å²) >= 11 is 0. The van der Waals surface area contributed by atoms with Gasteiger partial charge in [0, 0.05) is 0 Å². The molecule has 0 spiro atoms. The topological polar surface area (TPSA) is 98.2 Å². The fourth-order valence-electron chi connectivity index (χ4n) is 1.42. The standard InChI is InChI=1S/C9H11N3O4S/c1-6-9(7(2)16-12-6)17(13,14)11-3-8-4-15-5-10-8/h4-5,11H,3H2,1-2H3. The summed E-state index contributed by atoms with van der Waals surface area (Å²) < 4.78 is 35.9. The number of oxazole rings is 1. The molecule has 0 saturated carbocycles. The average molecular weight is 257 g/mol. The van der Waals surface area contributed by atoms with Crippen molar-refractivity contribution in [3.8, 4) is 0 Å². The number of hydrogen-bond acceptors (Lipinski definition) is 6. The molecule has 0 fully saturated rings. The monoisotopic (exact) mass is 257 g/mol. The number of sulfonamides is 1. The molecule has 17 heavy (non-hydrogen) atoms. The predicted octanol–water partition coefficient (Wildman–Crippen LogP) is 0.758. The Morgan fingerprint density at radius 1 is 1.41 bits per heavy atom. The van der Waals surface area contributed by atoms with Gasteiger partial charge in [-0.15, -0.1) is 0 Å². The van der Waals surface area contributed by atoms with Crippen LogP contribution in [-0.2, 0) is 16.6 Å². The van der Waals surface area contributed by atoms with Crippen LogP contribution in [0.4, 0.5) is 0 Å². The lowest BCUT2D eigenvalue weighted by atomic mass is 10.4. The Bertz CT molecular complexity index is 581. The maximum Gasteiger partial charge on any atom is 0.246 e. The van der Waals surface area contributed by atoms with E-state index in [4.69, 9.17) is 8.94 Å². The molecule has 0 saturated heterocycles. The highest BCUT2D eigenvalue weighted by molar-refractivity contribution is 7.89. The molecule has 0 amide bonds. The van der Waals surface area contributed by atoms with E-state index in [1.54, 1.807) is 13.8 Å². The van der Waals surface area contributed by atoms with Crippen LogP contribution in [0.25, 0.3) is 0 Å². The van der Waals surface area contributed by atoms with Gasteiger partial charge in [-0.1, -0.05) is 5.16 Å². The molecule has 0 aliphatic rings. The van der Waals surface area contributed by atoms with E-state index < -0.39 is 10.0 Å². The first kappa shape index (κ1) is 11.8. The summed E-state index contributed by atoms with van der Waals surface area (Å²) in [5, 5.41) is 3.60. The van der Waals surface area contributed by atoms with E-state index in [0.29, 0.717) is 11.4 Å². The zero-order valence-corrected chi connectivity index (χ0v) is 10.1. The molecule has 2 heterocycles. The van der Waals surface area contributed by atoms with E-state index in [2.05, 4.69) is 14.9 Å². The van der Waals surface area contributed by atoms with Crippen LogP contribution in [0, 0.1) is 13.8 Å². The first-order chi connectivity index (χ1) is 8.00. The SMILES string of the molecule is Cc1noc(C)c1S(=O)(=O)NCc1cocn1. The number of nitrogens with one attached hydrogen (secondary N) is 1. The lowest BCUT2D eigenvalue weighted by Gasteiger charge is -2.03. The van der Waals surface area contributed by atoms with Gasteiger partial charge in [0.1, 0.15) is 16.9 Å². The highest BCUT2D eigenvalue weighted by Crippen LogP contribution is 2.18. The Kier molecular flexibility index (Phi) is 2.99. The molecule has 8 heteroatoms. The van der Waals surface area contributed by atoms with Crippen molar-refractivity contribution in [3.05, 3.63) is 29.8 Å². The van der Waals surface area contributed by atoms with Crippen LogP contribution in [0.5, 0.6) is 0 Å². The second-order valence-corrected chi connectivity index (χ2v) is 5.16. The first-order valence-corrected chi connectivity index (χ1v) is 6.28. The van der Waals surface area contributed by atoms with Gasteiger partial charge in [-0.2, -0.15) is 0 Å². The van der Waals surface area contributed by atoms with Gasteiger partial charge in [0.05, 0.1) is 12.2 Å². The molecule has 0 aromatic carbocycles. The van der Waals surface area contributed by atoms with Gasteiger partial charge >= 0.3 is 0 Å². The maximum atomic E-state index is 12.0. The minimum Gasteiger partial charge on any atom is -0.451 e. The molecule has 0 radical (unpaired) electrons. The van der Waals surface area contributed by atoms with E-state index in [9.17, 15) is 8.42 Å². The molecule has 92 valence electrons. The summed E-state index contributed by atoms with van der Waals surface area (Å²) in [7, 11) is -3.64. The fraction of sp³-hybridized carbons (Fsp3) is 0.333. The van der Waals surface area contributed by atoms with Crippen molar-refractivity contribution in [3.63, 3.8) is 0 Å². The largest absolute Gasteiger partial charge is 0.451 e. The van der Waals surface area contributed by atoms with Crippen LogP contribution < -0.4 is 4.72 Å². The molecular formula is C9H11N3O4S. The van der Waals surface area contributed by atoms with E-state index in [1.807, 2.05) is 0 Å². The van der Waals surface area contributed by atoms with Crippen LogP contribution in [0.1, 0.15) is 17.1 Å². The molecule has 1 N–H and O–H groups in total. The first-order valence-electron chi connectivity index (χ1n) is 4.80. The molecule has 0 bridgehead atoms. The number of aryl methyl sites for hydroxylation is 2. The van der Waals surface area contributed by atoms with Gasteiger partial charge in [-0.25, -0.2) is 18.1 Å². The average Bonchev–Trinajstić information content (AvgIpc) is 2.86. The number of hydrogen-bond donors (Lipinski definition) is 1. The molecular weight excluding hydrogens is 246 g/mol. The molecule has 0 aliphatic heterocycles. The Balaban J connectivity index is 2.20. The normalized spacial score (nSPS) is 11.9. The molecule has 2 aromatic rings. The van der Waals surface area contributed by atoms with Gasteiger partial charge in [-0.3, -0.25) is 0 Å². The maximum absolute atomic E-state index is 12.0. The van der Waals surface area contributed by atoms with Gasteiger partial charge in [0.25, 0.3) is 0 Å². The van der Waals surface area contributed by atoms with Crippen molar-refractivity contribution >= 4 is 10.0 Å². The number of aromatic nitrogens is 2. The molecule has 0 aliphatic carbocycles. The molecule has 7 nitrogen and oxygen atoms in total. The Hall–Kier alpha value is -1.67. The van der Waals surface area contributed by atoms with Crippen LogP contribution >= 0.6 is 0 Å². The quantitative estimate of drug-likeness (QED) is 0.868. The van der Waals surface area contributed by atoms with Crippen molar-refractivity contribution in [2.75, 3.05) is 0 Å². The highest BCUT2D eigenvalue weighted by Gasteiger charge is 2.23. The summed E-state index contributed by atoms with van der Waals surface area (Å²) in [5.74, 6) is 0.259. The van der Waals surface area contributed by atoms with Crippen molar-refractivity contribution in [2.45, 2.75) is 25.3 Å². The summed E-state index contributed by atoms with van der Waals surface area (Å²) in [6, 6.07) is 0. The summed E-state index contributed by atoms with van der Waals surface area (Å²) in [4.78, 5) is 3.88. The predicted molar refractivity (Wildman–Crippen MR) is 56.5 cm³/mol. The molecule has 0 unspecified atom stereocenters. The van der Waals surface area contributed by atoms with Gasteiger partial charge < -0.3 is 8.94 Å². The Morgan fingerprint density at radius 2 is 2.18 bits per heavy atom. The second-order valence-electron chi connectivity index (χ2n) is 3.46. The minimum absolute atomic E-state index is 0.0584. The third-order valence-corrected chi connectivity index (χ3v) is 3.81. The van der Waals surface area contributed by atoms with E-state index in [1.165, 1.54) is 12.7 Å². The zero-order valence-electron chi connectivity index (χ0n) is 9.30. The zero-order chi connectivity index (χ0) is 12.5. The Labute approximate surface area is 97.9 Å². The number of nitrogens with zero attached hydrogens (tertiary/aromatic N) is 2. The lowest BCUT2D eigenvalue weighted by Crippen LogP contribution is -2.24. The molecule has 2 aromatic heterocycles. The van der Waals surface area contributed by atoms with Gasteiger partial charge in [0.2, 0.25) is 10.0 Å². The van der Waals surface area contributed by atoms with Gasteiger partial charge in [0.15, 0.2) is 12.2 Å². The smallest absolute Gasteiger partial charge is 0.246 e. The summed E-state index contributed by atoms with van der Waals surface area (Å²) in [6.07, 6.45) is 2.61. The Morgan fingerprint density at radius 3 is 2.71 bits per heavy atom. The van der Waals surface area contributed by atoms with Gasteiger partial charge in [-0.05, 0) is 13.8 Å². The highest BCUT2D eigenvalue weighted by atomic mass is 32.2. The minimum atomic E-state index is -3.64. The van der Waals surface area contributed by atoms with Crippen molar-refractivity contribution in [1.29, 1.82) is 0 Å². The van der Waals surface area contributed by atoms with Crippen LogP contribution in [-0.4, -0.2) is 18.6 Å². The summed E-state index contributed by atoms with van der Waals surface area (Å²) in [6.45, 7) is 3.18. The van der Waals surface area contributed by atoms with Crippen LogP contribution in [0.3, 0.4) is 0 Å². The van der Waals surface area contributed by atoms with Crippen LogP contribution in [0.2, 0.25) is 0 Å². The molecule has 0 atom stereocenters. The summed E-state index contributed by atoms with van der Waals surface area (Å²) in [5.41, 5.74) is 0.829. The third kappa shape index (κ3) is 2.37. The van der Waals surface area contributed by atoms with Crippen molar-refractivity contribution in [2.24, 2.45) is 0 Å². The molecule has 2 rings (SSSR count). The number of rotatable bonds is 4. The van der Waals surface area contributed by atoms with E-state index >= 15 is 0 Å².